The van der Waals surface area contributed by atoms with Crippen molar-refractivity contribution in [2.45, 2.75) is 6.92 Å². The smallest absolute Gasteiger partial charge is 0.335 e. The molecule has 8 heteroatoms. The summed E-state index contributed by atoms with van der Waals surface area (Å²) >= 11 is 3.47. The molecule has 1 aliphatic heterocycles. The van der Waals surface area contributed by atoms with E-state index in [0.29, 0.717) is 28.5 Å². The SMILES string of the molecule is COc1cc(Br)c(C=C2C(=O)N(c3cccc(C(=O)O)c3)N=C2C)cc1OC. The van der Waals surface area contributed by atoms with Crippen LogP contribution in [0.3, 0.4) is 0 Å². The standard InChI is InChI=1S/C20H17BrN2O5/c1-11-15(8-13-9-17(27-2)18(28-3)10-16(13)21)19(24)23(22-11)14-6-4-5-12(7-14)20(25)26/h4-10H,1-3H3,(H,25,26). The van der Waals surface area contributed by atoms with Gasteiger partial charge >= 0.3 is 5.97 Å². The van der Waals surface area contributed by atoms with Crippen molar-refractivity contribution in [2.24, 2.45) is 5.10 Å². The third-order valence-corrected chi connectivity index (χ3v) is 4.89. The summed E-state index contributed by atoms with van der Waals surface area (Å²) < 4.78 is 11.3. The number of benzene rings is 2. The molecule has 7 nitrogen and oxygen atoms in total. The Hall–Kier alpha value is -3.13. The van der Waals surface area contributed by atoms with E-state index in [1.807, 2.05) is 0 Å². The maximum atomic E-state index is 12.9. The number of nitrogens with zero attached hydrogens (tertiary/aromatic N) is 2. The first-order valence-electron chi connectivity index (χ1n) is 8.22. The zero-order valence-electron chi connectivity index (χ0n) is 15.4. The first kappa shape index (κ1) is 19.6. The number of amides is 1. The minimum absolute atomic E-state index is 0.0817. The topological polar surface area (TPSA) is 88.4 Å². The fourth-order valence-electron chi connectivity index (χ4n) is 2.77. The highest BCUT2D eigenvalue weighted by molar-refractivity contribution is 9.10. The Kier molecular flexibility index (Phi) is 5.51. The number of hydrogen-bond donors (Lipinski definition) is 1. The van der Waals surface area contributed by atoms with Crippen LogP contribution in [-0.4, -0.2) is 36.9 Å². The summed E-state index contributed by atoms with van der Waals surface area (Å²) in [4.78, 5) is 24.1. The molecule has 144 valence electrons. The number of hydrazone groups is 1. The summed E-state index contributed by atoms with van der Waals surface area (Å²) in [7, 11) is 3.08. The maximum Gasteiger partial charge on any atom is 0.335 e. The molecule has 1 aliphatic rings. The van der Waals surface area contributed by atoms with Gasteiger partial charge in [0.1, 0.15) is 0 Å². The molecule has 1 N–H and O–H groups in total. The molecule has 2 aromatic rings. The predicted octanol–water partition coefficient (Wildman–Crippen LogP) is 3.97. The summed E-state index contributed by atoms with van der Waals surface area (Å²) in [5.41, 5.74) is 2.11. The molecule has 1 amide bonds. The van der Waals surface area contributed by atoms with Crippen LogP contribution in [0.2, 0.25) is 0 Å². The van der Waals surface area contributed by atoms with Gasteiger partial charge in [0.15, 0.2) is 11.5 Å². The van der Waals surface area contributed by atoms with Crippen LogP contribution in [0.15, 0.2) is 51.5 Å². The number of aromatic carboxylic acids is 1. The normalized spacial score (nSPS) is 15.0. The Labute approximate surface area is 170 Å². The number of carbonyl (C=O) groups is 2. The Morgan fingerprint density at radius 3 is 2.50 bits per heavy atom. The molecule has 28 heavy (non-hydrogen) atoms. The average molecular weight is 445 g/mol. The fraction of sp³-hybridized carbons (Fsp3) is 0.150. The lowest BCUT2D eigenvalue weighted by atomic mass is 10.1. The lowest BCUT2D eigenvalue weighted by Gasteiger charge is -2.12. The lowest BCUT2D eigenvalue weighted by molar-refractivity contribution is -0.114. The largest absolute Gasteiger partial charge is 0.493 e. The zero-order chi connectivity index (χ0) is 20.4. The van der Waals surface area contributed by atoms with Crippen LogP contribution in [0.4, 0.5) is 5.69 Å². The van der Waals surface area contributed by atoms with Gasteiger partial charge < -0.3 is 14.6 Å². The predicted molar refractivity (Wildman–Crippen MR) is 109 cm³/mol. The van der Waals surface area contributed by atoms with Crippen LogP contribution < -0.4 is 14.5 Å². The Morgan fingerprint density at radius 2 is 1.86 bits per heavy atom. The first-order chi connectivity index (χ1) is 13.3. The Balaban J connectivity index is 2.00. The van der Waals surface area contributed by atoms with Gasteiger partial charge in [0.2, 0.25) is 0 Å². The van der Waals surface area contributed by atoms with Gasteiger partial charge in [-0.1, -0.05) is 22.0 Å². The fourth-order valence-corrected chi connectivity index (χ4v) is 3.20. The van der Waals surface area contributed by atoms with E-state index in [9.17, 15) is 9.59 Å². The van der Waals surface area contributed by atoms with Crippen molar-refractivity contribution in [3.8, 4) is 11.5 Å². The third kappa shape index (κ3) is 3.63. The van der Waals surface area contributed by atoms with E-state index in [4.69, 9.17) is 14.6 Å². The number of carboxylic acids is 1. The molecule has 0 aliphatic carbocycles. The highest BCUT2D eigenvalue weighted by atomic mass is 79.9. The second-order valence-corrected chi connectivity index (χ2v) is 6.80. The van der Waals surface area contributed by atoms with Crippen LogP contribution in [0, 0.1) is 0 Å². The number of anilines is 1. The van der Waals surface area contributed by atoms with Gasteiger partial charge in [-0.3, -0.25) is 4.79 Å². The second kappa shape index (κ2) is 7.85. The molecular formula is C20H17BrN2O5. The summed E-state index contributed by atoms with van der Waals surface area (Å²) in [5, 5.41) is 14.6. The number of carbonyl (C=O) groups excluding carboxylic acids is 1. The van der Waals surface area contributed by atoms with E-state index in [1.54, 1.807) is 44.4 Å². The van der Waals surface area contributed by atoms with Gasteiger partial charge in [-0.2, -0.15) is 10.1 Å². The van der Waals surface area contributed by atoms with Gasteiger partial charge in [0.05, 0.1) is 36.8 Å². The number of hydrogen-bond acceptors (Lipinski definition) is 5. The van der Waals surface area contributed by atoms with Crippen molar-refractivity contribution in [2.75, 3.05) is 19.2 Å². The van der Waals surface area contributed by atoms with Crippen LogP contribution in [0.5, 0.6) is 11.5 Å². The van der Waals surface area contributed by atoms with Crippen molar-refractivity contribution in [1.29, 1.82) is 0 Å². The second-order valence-electron chi connectivity index (χ2n) is 5.94. The number of ether oxygens (including phenoxy) is 2. The van der Waals surface area contributed by atoms with E-state index >= 15 is 0 Å². The summed E-state index contributed by atoms with van der Waals surface area (Å²) in [6, 6.07) is 9.59. The van der Waals surface area contributed by atoms with Crippen LogP contribution in [0.25, 0.3) is 6.08 Å². The van der Waals surface area contributed by atoms with E-state index in [0.717, 1.165) is 10.0 Å². The molecule has 0 atom stereocenters. The number of carboxylic acid groups (broad SMARTS) is 1. The van der Waals surface area contributed by atoms with Crippen LogP contribution >= 0.6 is 15.9 Å². The van der Waals surface area contributed by atoms with Crippen molar-refractivity contribution in [3.63, 3.8) is 0 Å². The van der Waals surface area contributed by atoms with Crippen molar-refractivity contribution >= 4 is 45.3 Å². The Morgan fingerprint density at radius 1 is 1.18 bits per heavy atom. The molecule has 0 spiro atoms. The lowest BCUT2D eigenvalue weighted by Crippen LogP contribution is -2.21. The van der Waals surface area contributed by atoms with Gasteiger partial charge in [-0.15, -0.1) is 0 Å². The van der Waals surface area contributed by atoms with E-state index in [2.05, 4.69) is 21.0 Å². The number of methoxy groups -OCH3 is 2. The number of rotatable bonds is 5. The molecule has 0 saturated heterocycles. The summed E-state index contributed by atoms with van der Waals surface area (Å²) in [6.07, 6.45) is 1.70. The van der Waals surface area contributed by atoms with Gasteiger partial charge in [0, 0.05) is 4.47 Å². The third-order valence-electron chi connectivity index (χ3n) is 4.20. The molecule has 3 rings (SSSR count). The first-order valence-corrected chi connectivity index (χ1v) is 9.01. The maximum absolute atomic E-state index is 12.9. The molecule has 0 fully saturated rings. The zero-order valence-corrected chi connectivity index (χ0v) is 17.0. The molecule has 2 aromatic carbocycles. The van der Waals surface area contributed by atoms with Crippen molar-refractivity contribution in [3.05, 3.63) is 57.6 Å². The van der Waals surface area contributed by atoms with E-state index in [-0.39, 0.29) is 11.5 Å². The quantitative estimate of drug-likeness (QED) is 0.704. The van der Waals surface area contributed by atoms with Gasteiger partial charge in [0.25, 0.3) is 5.91 Å². The summed E-state index contributed by atoms with van der Waals surface area (Å²) in [5.74, 6) is -0.323. The van der Waals surface area contributed by atoms with E-state index in [1.165, 1.54) is 24.3 Å². The summed E-state index contributed by atoms with van der Waals surface area (Å²) in [6.45, 7) is 1.72. The molecule has 0 unspecified atom stereocenters. The van der Waals surface area contributed by atoms with Gasteiger partial charge in [-0.25, -0.2) is 4.79 Å². The van der Waals surface area contributed by atoms with E-state index < -0.39 is 5.97 Å². The van der Waals surface area contributed by atoms with Gasteiger partial charge in [-0.05, 0) is 48.9 Å². The molecule has 0 aromatic heterocycles. The highest BCUT2D eigenvalue weighted by Gasteiger charge is 2.29. The number of halogens is 1. The minimum atomic E-state index is -1.07. The molecule has 0 radical (unpaired) electrons. The monoisotopic (exact) mass is 444 g/mol. The minimum Gasteiger partial charge on any atom is -0.493 e. The highest BCUT2D eigenvalue weighted by Crippen LogP contribution is 2.35. The van der Waals surface area contributed by atoms with Crippen LogP contribution in [0.1, 0.15) is 22.8 Å². The van der Waals surface area contributed by atoms with Crippen molar-refractivity contribution < 1.29 is 24.2 Å². The average Bonchev–Trinajstić information content (AvgIpc) is 2.97. The van der Waals surface area contributed by atoms with Crippen molar-refractivity contribution in [1.82, 2.24) is 0 Å². The van der Waals surface area contributed by atoms with Crippen LogP contribution in [-0.2, 0) is 4.79 Å². The molecule has 0 bridgehead atoms. The Bertz CT molecular complexity index is 1030. The molecule has 1 heterocycles. The molecule has 0 saturated carbocycles. The molecular weight excluding hydrogens is 428 g/mol.